The second kappa shape index (κ2) is 8.91. The molecule has 5 heteroatoms. The molecule has 0 heterocycles. The van der Waals surface area contributed by atoms with Gasteiger partial charge in [-0.15, -0.1) is 0 Å². The molecule has 0 spiro atoms. The Labute approximate surface area is 109 Å². The van der Waals surface area contributed by atoms with Crippen LogP contribution in [0.5, 0.6) is 0 Å². The average Bonchev–Trinajstić information content (AvgIpc) is 2.30. The summed E-state index contributed by atoms with van der Waals surface area (Å²) in [5, 5.41) is 11.6. The maximum atomic E-state index is 11.6. The third kappa shape index (κ3) is 7.27. The second-order valence-electron chi connectivity index (χ2n) is 4.79. The molecule has 0 fully saturated rings. The molecule has 2 unspecified atom stereocenters. The maximum absolute atomic E-state index is 11.6. The predicted molar refractivity (Wildman–Crippen MR) is 69.3 cm³/mol. The van der Waals surface area contributed by atoms with E-state index in [1.54, 1.807) is 0 Å². The van der Waals surface area contributed by atoms with E-state index in [0.717, 1.165) is 0 Å². The van der Waals surface area contributed by atoms with Crippen molar-refractivity contribution >= 4 is 11.9 Å². The molecule has 0 saturated heterocycles. The number of carbonyl (C=O) groups is 2. The molecule has 0 rings (SSSR count). The fourth-order valence-electron chi connectivity index (χ4n) is 1.48. The molecule has 18 heavy (non-hydrogen) atoms. The van der Waals surface area contributed by atoms with Crippen LogP contribution >= 0.6 is 0 Å². The molecular formula is C13H25NO4. The first-order valence-electron chi connectivity index (χ1n) is 6.52. The predicted octanol–water partition coefficient (Wildman–Crippen LogP) is 1.81. The van der Waals surface area contributed by atoms with Crippen molar-refractivity contribution in [2.75, 3.05) is 6.61 Å². The van der Waals surface area contributed by atoms with Gasteiger partial charge >= 0.3 is 5.97 Å². The van der Waals surface area contributed by atoms with Gasteiger partial charge in [-0.25, -0.2) is 4.79 Å². The maximum Gasteiger partial charge on any atom is 0.326 e. The molecule has 2 atom stereocenters. The van der Waals surface area contributed by atoms with Crippen molar-refractivity contribution in [3.63, 3.8) is 0 Å². The van der Waals surface area contributed by atoms with E-state index in [4.69, 9.17) is 9.84 Å². The number of hydrogen-bond donors (Lipinski definition) is 2. The first-order chi connectivity index (χ1) is 8.38. The fraction of sp³-hybridized carbons (Fsp3) is 0.846. The van der Waals surface area contributed by atoms with Crippen molar-refractivity contribution in [1.82, 2.24) is 5.32 Å². The highest BCUT2D eigenvalue weighted by molar-refractivity contribution is 5.83. The van der Waals surface area contributed by atoms with Gasteiger partial charge in [0.1, 0.15) is 6.04 Å². The van der Waals surface area contributed by atoms with Crippen molar-refractivity contribution < 1.29 is 19.4 Å². The van der Waals surface area contributed by atoms with Crippen LogP contribution in [0.3, 0.4) is 0 Å². The van der Waals surface area contributed by atoms with Crippen molar-refractivity contribution in [1.29, 1.82) is 0 Å². The van der Waals surface area contributed by atoms with Gasteiger partial charge in [-0.05, 0) is 26.2 Å². The minimum Gasteiger partial charge on any atom is -0.480 e. The number of amides is 1. The van der Waals surface area contributed by atoms with Crippen LogP contribution in [0.4, 0.5) is 0 Å². The van der Waals surface area contributed by atoms with Gasteiger partial charge < -0.3 is 15.2 Å². The Kier molecular flexibility index (Phi) is 8.37. The van der Waals surface area contributed by atoms with E-state index in [-0.39, 0.29) is 17.9 Å². The van der Waals surface area contributed by atoms with Crippen LogP contribution in [0.2, 0.25) is 0 Å². The van der Waals surface area contributed by atoms with Gasteiger partial charge in [0, 0.05) is 13.0 Å². The molecule has 2 N–H and O–H groups in total. The zero-order valence-electron chi connectivity index (χ0n) is 11.7. The molecule has 0 saturated carbocycles. The van der Waals surface area contributed by atoms with Crippen LogP contribution < -0.4 is 5.32 Å². The summed E-state index contributed by atoms with van der Waals surface area (Å²) in [4.78, 5) is 22.6. The highest BCUT2D eigenvalue weighted by atomic mass is 16.5. The first-order valence-corrected chi connectivity index (χ1v) is 6.52. The molecule has 0 aromatic carbocycles. The molecular weight excluding hydrogens is 234 g/mol. The summed E-state index contributed by atoms with van der Waals surface area (Å²) < 4.78 is 5.32. The molecule has 1 amide bonds. The van der Waals surface area contributed by atoms with Gasteiger partial charge in [-0.2, -0.15) is 0 Å². The van der Waals surface area contributed by atoms with Gasteiger partial charge in [-0.1, -0.05) is 20.3 Å². The lowest BCUT2D eigenvalue weighted by molar-refractivity contribution is -0.143. The smallest absolute Gasteiger partial charge is 0.326 e. The van der Waals surface area contributed by atoms with E-state index < -0.39 is 12.0 Å². The SMILES string of the molecule is CCC(C)C(NC(=O)CCCOC(C)C)C(=O)O. The highest BCUT2D eigenvalue weighted by Crippen LogP contribution is 2.08. The highest BCUT2D eigenvalue weighted by Gasteiger charge is 2.24. The summed E-state index contributed by atoms with van der Waals surface area (Å²) in [6.45, 7) is 8.11. The summed E-state index contributed by atoms with van der Waals surface area (Å²) in [5.41, 5.74) is 0. The summed E-state index contributed by atoms with van der Waals surface area (Å²) in [5.74, 6) is -1.27. The second-order valence-corrected chi connectivity index (χ2v) is 4.79. The van der Waals surface area contributed by atoms with Gasteiger partial charge in [0.25, 0.3) is 0 Å². The topological polar surface area (TPSA) is 75.6 Å². The van der Waals surface area contributed by atoms with E-state index in [2.05, 4.69) is 5.32 Å². The minimum absolute atomic E-state index is 0.0710. The Morgan fingerprint density at radius 1 is 1.28 bits per heavy atom. The van der Waals surface area contributed by atoms with Gasteiger partial charge in [0.15, 0.2) is 0 Å². The number of ether oxygens (including phenoxy) is 1. The van der Waals surface area contributed by atoms with Gasteiger partial charge in [0.2, 0.25) is 5.91 Å². The molecule has 0 aliphatic carbocycles. The van der Waals surface area contributed by atoms with E-state index in [1.807, 2.05) is 27.7 Å². The molecule has 106 valence electrons. The largest absolute Gasteiger partial charge is 0.480 e. The summed E-state index contributed by atoms with van der Waals surface area (Å²) in [6, 6.07) is -0.798. The Morgan fingerprint density at radius 3 is 2.33 bits per heavy atom. The molecule has 0 aromatic heterocycles. The van der Waals surface area contributed by atoms with E-state index in [9.17, 15) is 9.59 Å². The van der Waals surface area contributed by atoms with Gasteiger partial charge in [-0.3, -0.25) is 4.79 Å². The van der Waals surface area contributed by atoms with E-state index >= 15 is 0 Å². The van der Waals surface area contributed by atoms with Crippen molar-refractivity contribution in [2.45, 2.75) is 59.1 Å². The number of nitrogens with one attached hydrogen (secondary N) is 1. The summed E-state index contributed by atoms with van der Waals surface area (Å²) in [6.07, 6.45) is 1.78. The molecule has 0 aromatic rings. The number of rotatable bonds is 9. The zero-order chi connectivity index (χ0) is 14.1. The number of carboxylic acid groups (broad SMARTS) is 1. The van der Waals surface area contributed by atoms with Crippen molar-refractivity contribution in [2.24, 2.45) is 5.92 Å². The van der Waals surface area contributed by atoms with Crippen molar-refractivity contribution in [3.8, 4) is 0 Å². The van der Waals surface area contributed by atoms with Crippen LogP contribution in [0.15, 0.2) is 0 Å². The quantitative estimate of drug-likeness (QED) is 0.619. The number of carboxylic acids is 1. The Morgan fingerprint density at radius 2 is 1.89 bits per heavy atom. The Hall–Kier alpha value is -1.10. The molecule has 0 aliphatic rings. The van der Waals surface area contributed by atoms with Crippen LogP contribution in [-0.4, -0.2) is 35.7 Å². The molecule has 5 nitrogen and oxygen atoms in total. The van der Waals surface area contributed by atoms with Crippen molar-refractivity contribution in [3.05, 3.63) is 0 Å². The summed E-state index contributed by atoms with van der Waals surface area (Å²) >= 11 is 0. The van der Waals surface area contributed by atoms with Gasteiger partial charge in [0.05, 0.1) is 6.10 Å². The standard InChI is InChI=1S/C13H25NO4/c1-5-10(4)12(13(16)17)14-11(15)7-6-8-18-9(2)3/h9-10,12H,5-8H2,1-4H3,(H,14,15)(H,16,17). The molecule has 0 aliphatic heterocycles. The Bertz CT molecular complexity index is 266. The Balaban J connectivity index is 4.00. The third-order valence-electron chi connectivity index (χ3n) is 2.79. The molecule has 0 bridgehead atoms. The third-order valence-corrected chi connectivity index (χ3v) is 2.79. The number of hydrogen-bond acceptors (Lipinski definition) is 3. The zero-order valence-corrected chi connectivity index (χ0v) is 11.7. The molecule has 0 radical (unpaired) electrons. The van der Waals surface area contributed by atoms with Crippen LogP contribution in [0, 0.1) is 5.92 Å². The van der Waals surface area contributed by atoms with E-state index in [0.29, 0.717) is 25.9 Å². The number of carbonyl (C=O) groups excluding carboxylic acids is 1. The number of aliphatic carboxylic acids is 1. The average molecular weight is 259 g/mol. The normalized spacial score (nSPS) is 14.3. The first kappa shape index (κ1) is 16.9. The minimum atomic E-state index is -0.976. The lowest BCUT2D eigenvalue weighted by atomic mass is 9.99. The monoisotopic (exact) mass is 259 g/mol. The lowest BCUT2D eigenvalue weighted by Crippen LogP contribution is -2.45. The van der Waals surface area contributed by atoms with Crippen LogP contribution in [0.1, 0.15) is 47.0 Å². The van der Waals surface area contributed by atoms with Crippen LogP contribution in [-0.2, 0) is 14.3 Å². The summed E-state index contributed by atoms with van der Waals surface area (Å²) in [7, 11) is 0. The fourth-order valence-corrected chi connectivity index (χ4v) is 1.48. The van der Waals surface area contributed by atoms with Crippen LogP contribution in [0.25, 0.3) is 0 Å². The lowest BCUT2D eigenvalue weighted by Gasteiger charge is -2.20. The van der Waals surface area contributed by atoms with E-state index in [1.165, 1.54) is 0 Å².